The Bertz CT molecular complexity index is 1300. The fourth-order valence-electron chi connectivity index (χ4n) is 5.38. The molecule has 0 bridgehead atoms. The lowest BCUT2D eigenvalue weighted by Crippen LogP contribution is -2.67. The molecule has 4 amide bonds. The number of carbonyl (C=O) groups excluding carboxylic acids is 4. The van der Waals surface area contributed by atoms with Gasteiger partial charge in [-0.1, -0.05) is 39.0 Å². The molecule has 1 saturated heterocycles. The van der Waals surface area contributed by atoms with Crippen LogP contribution in [0.2, 0.25) is 0 Å². The van der Waals surface area contributed by atoms with Crippen LogP contribution < -0.4 is 16.4 Å². The van der Waals surface area contributed by atoms with Gasteiger partial charge in [-0.15, -0.1) is 0 Å². The van der Waals surface area contributed by atoms with Gasteiger partial charge in [0, 0.05) is 36.9 Å². The maximum atomic E-state index is 14.1. The van der Waals surface area contributed by atoms with Crippen LogP contribution in [0.5, 0.6) is 0 Å². The van der Waals surface area contributed by atoms with Crippen LogP contribution >= 0.6 is 0 Å². The molecule has 0 spiro atoms. The second-order valence-corrected chi connectivity index (χ2v) is 11.2. The second kappa shape index (κ2) is 11.5. The van der Waals surface area contributed by atoms with Crippen molar-refractivity contribution in [3.63, 3.8) is 0 Å². The number of hydrogen-bond acceptors (Lipinski definition) is 7. The van der Waals surface area contributed by atoms with E-state index >= 15 is 0 Å². The SMILES string of the molecule is CC(=O)O[C@H]1CN(C(=O)O)[C@](C(=O)N[C@@H](Cc2c[nH]c3ccccc23)C(=O)N[C@H](C(N)=O)[C@@H](C)O)(C(C)(C)C)C1. The third-order valence-electron chi connectivity index (χ3n) is 7.36. The van der Waals surface area contributed by atoms with Crippen LogP contribution in [0.25, 0.3) is 10.9 Å². The van der Waals surface area contributed by atoms with Crippen LogP contribution in [0.1, 0.15) is 46.6 Å². The third-order valence-corrected chi connectivity index (χ3v) is 7.36. The van der Waals surface area contributed by atoms with Crippen molar-refractivity contribution in [2.24, 2.45) is 11.1 Å². The van der Waals surface area contributed by atoms with E-state index in [1.165, 1.54) is 13.8 Å². The number of H-pyrrole nitrogens is 1. The minimum absolute atomic E-state index is 0.0342. The van der Waals surface area contributed by atoms with E-state index in [9.17, 15) is 34.2 Å². The molecule has 218 valence electrons. The number of carbonyl (C=O) groups is 5. The standard InChI is InChI=1S/C27H37N5O8/c1-14(33)21(22(28)35)31-23(36)20(10-16-12-29-19-9-7-6-8-18(16)19)30-24(37)27(26(3,4)5)11-17(40-15(2)34)13-32(27)25(38)39/h6-9,12,14,17,20-21,29,33H,10-11,13H2,1-5H3,(H2,28,35)(H,30,37)(H,31,36)(H,38,39)/t14-,17-,20+,21+,27-/m1/s1. The summed E-state index contributed by atoms with van der Waals surface area (Å²) in [6.07, 6.45) is -2.06. The number of nitrogens with zero attached hydrogens (tertiary/aromatic N) is 1. The minimum atomic E-state index is -1.72. The van der Waals surface area contributed by atoms with Crippen LogP contribution in [0.4, 0.5) is 4.79 Å². The molecule has 2 aromatic rings. The van der Waals surface area contributed by atoms with Crippen molar-refractivity contribution in [3.8, 4) is 0 Å². The number of hydrogen-bond donors (Lipinski definition) is 6. The first kappa shape index (κ1) is 30.4. The number of rotatable bonds is 9. The summed E-state index contributed by atoms with van der Waals surface area (Å²) in [4.78, 5) is 67.6. The van der Waals surface area contributed by atoms with Gasteiger partial charge in [-0.3, -0.25) is 24.1 Å². The van der Waals surface area contributed by atoms with E-state index in [1.807, 2.05) is 24.3 Å². The van der Waals surface area contributed by atoms with Crippen LogP contribution in [-0.4, -0.2) is 86.3 Å². The first-order valence-corrected chi connectivity index (χ1v) is 12.9. The fourth-order valence-corrected chi connectivity index (χ4v) is 5.38. The molecule has 0 radical (unpaired) electrons. The molecule has 0 saturated carbocycles. The highest BCUT2D eigenvalue weighted by Gasteiger charge is 2.61. The number of aromatic nitrogens is 1. The van der Waals surface area contributed by atoms with Crippen molar-refractivity contribution in [3.05, 3.63) is 36.0 Å². The van der Waals surface area contributed by atoms with Crippen LogP contribution in [0.3, 0.4) is 0 Å². The van der Waals surface area contributed by atoms with E-state index in [0.717, 1.165) is 15.8 Å². The molecule has 2 heterocycles. The first-order chi connectivity index (χ1) is 18.6. The van der Waals surface area contributed by atoms with E-state index in [-0.39, 0.29) is 19.4 Å². The number of fused-ring (bicyclic) bond motifs is 1. The average Bonchev–Trinajstić information content (AvgIpc) is 3.43. The molecule has 5 atom stereocenters. The lowest BCUT2D eigenvalue weighted by Gasteiger charge is -2.45. The molecule has 13 nitrogen and oxygen atoms in total. The van der Waals surface area contributed by atoms with Crippen molar-refractivity contribution in [2.45, 2.75) is 77.3 Å². The molecule has 3 rings (SSSR count). The lowest BCUT2D eigenvalue weighted by atomic mass is 9.70. The number of carboxylic acid groups (broad SMARTS) is 1. The number of benzene rings is 1. The smallest absolute Gasteiger partial charge is 0.408 e. The Kier molecular flexibility index (Phi) is 8.78. The average molecular weight is 560 g/mol. The summed E-state index contributed by atoms with van der Waals surface area (Å²) in [5.41, 5.74) is 4.12. The largest absolute Gasteiger partial charge is 0.465 e. The summed E-state index contributed by atoms with van der Waals surface area (Å²) in [5, 5.41) is 26.0. The maximum absolute atomic E-state index is 14.1. The van der Waals surface area contributed by atoms with Crippen molar-refractivity contribution >= 4 is 40.7 Å². The topological polar surface area (TPSA) is 204 Å². The van der Waals surface area contributed by atoms with Gasteiger partial charge >= 0.3 is 12.1 Å². The maximum Gasteiger partial charge on any atom is 0.408 e. The van der Waals surface area contributed by atoms with E-state index in [4.69, 9.17) is 10.5 Å². The number of aliphatic hydroxyl groups is 1. The Morgan fingerprint density at radius 1 is 1.20 bits per heavy atom. The van der Waals surface area contributed by atoms with Gasteiger partial charge < -0.3 is 36.3 Å². The third kappa shape index (κ3) is 6.03. The van der Waals surface area contributed by atoms with Gasteiger partial charge in [0.05, 0.1) is 12.6 Å². The summed E-state index contributed by atoms with van der Waals surface area (Å²) < 4.78 is 5.30. The van der Waals surface area contributed by atoms with Gasteiger partial charge in [-0.2, -0.15) is 0 Å². The number of esters is 1. The van der Waals surface area contributed by atoms with Gasteiger partial charge in [-0.05, 0) is 24.0 Å². The number of para-hydroxylation sites is 1. The molecule has 1 aliphatic heterocycles. The monoisotopic (exact) mass is 559 g/mol. The van der Waals surface area contributed by atoms with Gasteiger partial charge in [0.15, 0.2) is 0 Å². The Hall–Kier alpha value is -4.13. The zero-order chi connectivity index (χ0) is 30.0. The summed E-state index contributed by atoms with van der Waals surface area (Å²) in [5.74, 6) is -3.16. The molecule has 7 N–H and O–H groups in total. The van der Waals surface area contributed by atoms with Crippen LogP contribution in [0, 0.1) is 5.41 Å². The quantitative estimate of drug-likeness (QED) is 0.240. The number of nitrogens with two attached hydrogens (primary N) is 1. The molecule has 1 fully saturated rings. The van der Waals surface area contributed by atoms with Gasteiger partial charge in [0.1, 0.15) is 23.7 Å². The zero-order valence-electron chi connectivity index (χ0n) is 23.2. The summed E-state index contributed by atoms with van der Waals surface area (Å²) in [7, 11) is 0. The number of aliphatic hydroxyl groups excluding tert-OH is 1. The van der Waals surface area contributed by atoms with Gasteiger partial charge in [-0.25, -0.2) is 4.79 Å². The molecule has 0 unspecified atom stereocenters. The first-order valence-electron chi connectivity index (χ1n) is 12.9. The molecule has 13 heteroatoms. The molecular weight excluding hydrogens is 522 g/mol. The van der Waals surface area contributed by atoms with E-state index < -0.39 is 65.0 Å². The highest BCUT2D eigenvalue weighted by Crippen LogP contribution is 2.45. The minimum Gasteiger partial charge on any atom is -0.465 e. The predicted molar refractivity (Wildman–Crippen MR) is 144 cm³/mol. The normalized spacial score (nSPS) is 21.4. The Labute approximate surface area is 231 Å². The molecular formula is C27H37N5O8. The molecule has 1 aliphatic rings. The number of amides is 4. The van der Waals surface area contributed by atoms with Crippen molar-refractivity contribution in [1.29, 1.82) is 0 Å². The van der Waals surface area contributed by atoms with Gasteiger partial charge in [0.25, 0.3) is 0 Å². The molecule has 1 aromatic carbocycles. The Morgan fingerprint density at radius 2 is 1.85 bits per heavy atom. The zero-order valence-corrected chi connectivity index (χ0v) is 23.2. The lowest BCUT2D eigenvalue weighted by molar-refractivity contribution is -0.147. The molecule has 1 aromatic heterocycles. The summed E-state index contributed by atoms with van der Waals surface area (Å²) >= 11 is 0. The second-order valence-electron chi connectivity index (χ2n) is 11.2. The Morgan fingerprint density at radius 3 is 2.40 bits per heavy atom. The van der Waals surface area contributed by atoms with E-state index in [0.29, 0.717) is 5.56 Å². The highest BCUT2D eigenvalue weighted by atomic mass is 16.5. The fraction of sp³-hybridized carbons (Fsp3) is 0.519. The molecule has 40 heavy (non-hydrogen) atoms. The number of aromatic amines is 1. The molecule has 0 aliphatic carbocycles. The number of likely N-dealkylation sites (tertiary alicyclic amines) is 1. The summed E-state index contributed by atoms with van der Waals surface area (Å²) in [6, 6.07) is 4.61. The summed E-state index contributed by atoms with van der Waals surface area (Å²) in [6.45, 7) is 7.31. The van der Waals surface area contributed by atoms with Crippen molar-refractivity contribution in [1.82, 2.24) is 20.5 Å². The Balaban J connectivity index is 2.03. The predicted octanol–water partition coefficient (Wildman–Crippen LogP) is 0.646. The van der Waals surface area contributed by atoms with Crippen molar-refractivity contribution < 1.29 is 38.9 Å². The number of nitrogens with one attached hydrogen (secondary N) is 3. The highest BCUT2D eigenvalue weighted by molar-refractivity contribution is 5.97. The number of ether oxygens (including phenoxy) is 1. The van der Waals surface area contributed by atoms with Gasteiger partial charge in [0.2, 0.25) is 17.7 Å². The van der Waals surface area contributed by atoms with Crippen molar-refractivity contribution in [2.75, 3.05) is 6.54 Å². The van der Waals surface area contributed by atoms with E-state index in [2.05, 4.69) is 15.6 Å². The number of primary amides is 1. The van der Waals surface area contributed by atoms with Crippen LogP contribution in [-0.2, 0) is 30.3 Å². The van der Waals surface area contributed by atoms with E-state index in [1.54, 1.807) is 27.0 Å². The van der Waals surface area contributed by atoms with Crippen LogP contribution in [0.15, 0.2) is 30.5 Å².